The lowest BCUT2D eigenvalue weighted by Crippen LogP contribution is -2.29. The summed E-state index contributed by atoms with van der Waals surface area (Å²) >= 11 is 0. The number of rotatable bonds is 14. The number of carbonyl (C=O) groups is 3. The third kappa shape index (κ3) is 10.5. The summed E-state index contributed by atoms with van der Waals surface area (Å²) in [5.74, 6) is -3.76. The predicted molar refractivity (Wildman–Crippen MR) is 292 cm³/mol. The molecule has 410 valence electrons. The Bertz CT molecular complexity index is 4090. The molecule has 2 aliphatic heterocycles. The van der Waals surface area contributed by atoms with Gasteiger partial charge in [0.05, 0.1) is 24.2 Å². The van der Waals surface area contributed by atoms with Crippen LogP contribution in [-0.2, 0) is 29.8 Å². The number of imide groups is 1. The number of alkyl halides is 3. The third-order valence-electron chi connectivity index (χ3n) is 13.7. The van der Waals surface area contributed by atoms with Crippen LogP contribution >= 0.6 is 0 Å². The van der Waals surface area contributed by atoms with Crippen LogP contribution in [0, 0.1) is 11.6 Å². The molecule has 0 saturated heterocycles. The van der Waals surface area contributed by atoms with Crippen molar-refractivity contribution in [1.82, 2.24) is 19.8 Å². The molecule has 1 N–H and O–H groups in total. The van der Waals surface area contributed by atoms with Crippen LogP contribution in [0.4, 0.5) is 22.0 Å². The molecule has 0 atom stereocenters. The quantitative estimate of drug-likeness (QED) is 0.0477. The summed E-state index contributed by atoms with van der Waals surface area (Å²) in [5, 5.41) is 11.3. The van der Waals surface area contributed by atoms with E-state index in [9.17, 15) is 49.9 Å². The van der Waals surface area contributed by atoms with Gasteiger partial charge < -0.3 is 23.7 Å². The molecule has 0 unspecified atom stereocenters. The molecule has 10 aromatic rings. The van der Waals surface area contributed by atoms with E-state index in [1.807, 2.05) is 121 Å². The van der Waals surface area contributed by atoms with E-state index in [0.717, 1.165) is 16.0 Å². The van der Waals surface area contributed by atoms with Gasteiger partial charge in [-0.1, -0.05) is 146 Å². The van der Waals surface area contributed by atoms with Crippen molar-refractivity contribution in [3.8, 4) is 23.0 Å². The molecule has 13 nitrogen and oxygen atoms in total. The van der Waals surface area contributed by atoms with Gasteiger partial charge in [-0.25, -0.2) is 8.78 Å². The van der Waals surface area contributed by atoms with E-state index in [1.165, 1.54) is 71.8 Å². The lowest BCUT2D eigenvalue weighted by atomic mass is 9.99. The molecule has 4 heterocycles. The molecule has 12 rings (SSSR count). The minimum atomic E-state index is -6.12. The predicted octanol–water partition coefficient (Wildman–Crippen LogP) is 13.0. The number of pyridine rings is 2. The first-order valence-corrected chi connectivity index (χ1v) is 26.7. The van der Waals surface area contributed by atoms with E-state index in [4.69, 9.17) is 13.7 Å². The molecular weight excluding hydrogens is 1080 g/mol. The van der Waals surface area contributed by atoms with Gasteiger partial charge in [-0.3, -0.25) is 29.3 Å². The van der Waals surface area contributed by atoms with E-state index < -0.39 is 62.9 Å². The van der Waals surface area contributed by atoms with Gasteiger partial charge in [0.25, 0.3) is 17.7 Å². The number of benzene rings is 8. The number of aromatic nitrogens is 2. The number of hydrogen-bond donors (Lipinski definition) is 1. The summed E-state index contributed by atoms with van der Waals surface area (Å²) in [6, 6.07) is 54.2. The molecule has 2 aliphatic rings. The Balaban J connectivity index is 0.000000174. The summed E-state index contributed by atoms with van der Waals surface area (Å²) in [5.41, 5.74) is -1.78. The molecular formula is C63H43F5N4O9S. The normalized spacial score (nSPS) is 13.1. The number of nitrogens with zero attached hydrogens (tertiary/aromatic N) is 4. The Morgan fingerprint density at radius 1 is 0.500 bits per heavy atom. The van der Waals surface area contributed by atoms with Crippen molar-refractivity contribution in [2.75, 3.05) is 0 Å². The number of amides is 3. The zero-order valence-electron chi connectivity index (χ0n) is 42.7. The van der Waals surface area contributed by atoms with Crippen LogP contribution in [0.2, 0.25) is 0 Å². The summed E-state index contributed by atoms with van der Waals surface area (Å²) in [7, 11) is -6.12. The first-order valence-electron chi connectivity index (χ1n) is 25.3. The van der Waals surface area contributed by atoms with Crippen LogP contribution in [0.5, 0.6) is 23.0 Å². The maximum absolute atomic E-state index is 14.0. The number of aromatic hydroxyl groups is 1. The molecule has 8 aromatic carbocycles. The van der Waals surface area contributed by atoms with E-state index in [-0.39, 0.29) is 75.6 Å². The Morgan fingerprint density at radius 3 is 1.38 bits per heavy atom. The first-order chi connectivity index (χ1) is 39.6. The fourth-order valence-electron chi connectivity index (χ4n) is 9.88. The average Bonchev–Trinajstić information content (AvgIpc) is 2.40. The van der Waals surface area contributed by atoms with E-state index in [0.29, 0.717) is 27.6 Å². The van der Waals surface area contributed by atoms with Crippen molar-refractivity contribution in [1.29, 1.82) is 0 Å². The highest BCUT2D eigenvalue weighted by Gasteiger charge is 2.50. The fourth-order valence-corrected chi connectivity index (χ4v) is 10.4. The number of phenols is 1. The van der Waals surface area contributed by atoms with Crippen LogP contribution in [0.3, 0.4) is 0 Å². The topological polar surface area (TPSA) is 166 Å². The number of ether oxygens (including phenoxy) is 2. The van der Waals surface area contributed by atoms with Crippen LogP contribution in [-0.4, -0.2) is 56.5 Å². The van der Waals surface area contributed by atoms with Crippen molar-refractivity contribution in [3.05, 3.63) is 274 Å². The highest BCUT2D eigenvalue weighted by Crippen LogP contribution is 2.49. The van der Waals surface area contributed by atoms with E-state index >= 15 is 0 Å². The molecule has 0 fully saturated rings. The summed E-state index contributed by atoms with van der Waals surface area (Å²) in [4.78, 5) is 52.4. The SMILES string of the molecule is O=C1c2c(c(OC(c3ccccc3)c3ccccc3)c3ncccc3c2O)C(=O)N1Cc1ccc(F)cc1.O=C1c2c(c(OS(=O)(=O)C(F)(F)F)c3cccnc3c2OC(c2ccccc2)c2ccccc2)CN1Cc1ccc(F)cc1. The van der Waals surface area contributed by atoms with Gasteiger partial charge in [-0.15, -0.1) is 0 Å². The second-order valence-electron chi connectivity index (χ2n) is 19.0. The van der Waals surface area contributed by atoms with E-state index in [2.05, 4.69) is 9.97 Å². The Kier molecular flexibility index (Phi) is 14.7. The molecule has 3 amide bonds. The summed E-state index contributed by atoms with van der Waals surface area (Å²) < 4.78 is 110. The average molecular weight is 1130 g/mol. The molecule has 19 heteroatoms. The lowest BCUT2D eigenvalue weighted by molar-refractivity contribution is -0.0500. The second kappa shape index (κ2) is 22.3. The smallest absolute Gasteiger partial charge is 0.506 e. The maximum Gasteiger partial charge on any atom is 0.534 e. The third-order valence-corrected chi connectivity index (χ3v) is 14.7. The number of hydrogen-bond acceptors (Lipinski definition) is 11. The molecule has 82 heavy (non-hydrogen) atoms. The highest BCUT2D eigenvalue weighted by molar-refractivity contribution is 7.88. The van der Waals surface area contributed by atoms with Gasteiger partial charge >= 0.3 is 15.6 Å². The van der Waals surface area contributed by atoms with Crippen molar-refractivity contribution in [2.24, 2.45) is 0 Å². The molecule has 0 saturated carbocycles. The van der Waals surface area contributed by atoms with Gasteiger partial charge in [0.1, 0.15) is 46.2 Å². The molecule has 0 radical (unpaired) electrons. The largest absolute Gasteiger partial charge is 0.534 e. The Hall–Kier alpha value is -10.0. The molecule has 0 bridgehead atoms. The van der Waals surface area contributed by atoms with E-state index in [1.54, 1.807) is 18.3 Å². The number of halogens is 5. The summed E-state index contributed by atoms with van der Waals surface area (Å²) in [6.45, 7) is -0.448. The van der Waals surface area contributed by atoms with Gasteiger partial charge in [0, 0.05) is 35.3 Å². The number of fused-ring (bicyclic) bond motifs is 4. The highest BCUT2D eigenvalue weighted by atomic mass is 32.2. The van der Waals surface area contributed by atoms with Crippen LogP contribution in [0.1, 0.15) is 82.2 Å². The molecule has 0 spiro atoms. The van der Waals surface area contributed by atoms with Crippen molar-refractivity contribution < 1.29 is 63.5 Å². The summed E-state index contributed by atoms with van der Waals surface area (Å²) in [6.07, 6.45) is 1.49. The van der Waals surface area contributed by atoms with Gasteiger partial charge in [0.15, 0.2) is 17.2 Å². The first kappa shape index (κ1) is 54.0. The Labute approximate surface area is 465 Å². The van der Waals surface area contributed by atoms with Crippen LogP contribution in [0.15, 0.2) is 207 Å². The minimum Gasteiger partial charge on any atom is -0.506 e. The molecule has 0 aliphatic carbocycles. The van der Waals surface area contributed by atoms with Crippen molar-refractivity contribution >= 4 is 49.6 Å². The molecule has 2 aromatic heterocycles. The zero-order chi connectivity index (χ0) is 57.3. The van der Waals surface area contributed by atoms with Crippen molar-refractivity contribution in [2.45, 2.75) is 37.4 Å². The van der Waals surface area contributed by atoms with Crippen LogP contribution < -0.4 is 13.7 Å². The minimum absolute atomic E-state index is 0.0438. The Morgan fingerprint density at radius 2 is 0.915 bits per heavy atom. The fraction of sp³-hybridized carbons (Fsp3) is 0.0952. The number of phenolic OH excluding ortho intramolecular Hbond substituents is 1. The maximum atomic E-state index is 14.0. The van der Waals surface area contributed by atoms with Crippen molar-refractivity contribution in [3.63, 3.8) is 0 Å². The standard InChI is InChI=1S/C32H22F4N2O5S.C31H21FN2O4/c33-23-15-13-20(14-16-23)18-38-19-25-26(31(38)39)30(42-28(21-8-3-1-4-9-21)22-10-5-2-6-11-22)27-24(12-7-17-37-27)29(25)43-44(40,41)32(34,35)36;32-22-15-13-19(14-16-22)18-34-30(36)24-25(31(34)37)29(26-23(27(24)35)12-7-17-33-26)38-28(20-8-3-1-4-9-20)21-10-5-2-6-11-21/h1-17,28H,18-19H2;1-17,28,35H,18H2. The second-order valence-corrected chi connectivity index (χ2v) is 20.5. The lowest BCUT2D eigenvalue weighted by Gasteiger charge is -2.23. The van der Waals surface area contributed by atoms with Crippen LogP contribution in [0.25, 0.3) is 21.8 Å². The zero-order valence-corrected chi connectivity index (χ0v) is 43.5. The number of carbonyl (C=O) groups excluding carboxylic acids is 3. The van der Waals surface area contributed by atoms with Gasteiger partial charge in [0.2, 0.25) is 0 Å². The monoisotopic (exact) mass is 1130 g/mol. The van der Waals surface area contributed by atoms with Gasteiger partial charge in [-0.2, -0.15) is 21.6 Å². The van der Waals surface area contributed by atoms with Gasteiger partial charge in [-0.05, 0) is 81.9 Å².